The fourth-order valence-electron chi connectivity index (χ4n) is 0.785. The molecule has 1 rings (SSSR count). The second-order valence-corrected chi connectivity index (χ2v) is 2.17. The van der Waals surface area contributed by atoms with Crippen molar-refractivity contribution in [3.8, 4) is 6.07 Å². The van der Waals surface area contributed by atoms with E-state index in [1.54, 1.807) is 4.98 Å². The van der Waals surface area contributed by atoms with Crippen LogP contribution in [0.15, 0.2) is 11.0 Å². The van der Waals surface area contributed by atoms with E-state index in [9.17, 15) is 18.0 Å². The molecule has 6 heteroatoms. The predicted molar refractivity (Wildman–Crippen MR) is 36.7 cm³/mol. The summed E-state index contributed by atoms with van der Waals surface area (Å²) in [4.78, 5) is 12.7. The van der Waals surface area contributed by atoms with Crippen molar-refractivity contribution in [2.24, 2.45) is 0 Å². The monoisotopic (exact) mass is 188 g/mol. The zero-order valence-electron chi connectivity index (χ0n) is 6.14. The number of aromatic nitrogens is 1. The van der Waals surface area contributed by atoms with Crippen molar-refractivity contribution >= 4 is 0 Å². The van der Waals surface area contributed by atoms with Gasteiger partial charge in [-0.1, -0.05) is 0 Å². The van der Waals surface area contributed by atoms with E-state index in [-0.39, 0.29) is 0 Å². The van der Waals surface area contributed by atoms with Gasteiger partial charge < -0.3 is 4.98 Å². The molecule has 68 valence electrons. The zero-order chi connectivity index (χ0) is 10.0. The van der Waals surface area contributed by atoms with Crippen LogP contribution in [0.1, 0.15) is 17.6 Å². The van der Waals surface area contributed by atoms with E-state index in [2.05, 4.69) is 0 Å². The summed E-state index contributed by atoms with van der Waals surface area (Å²) in [7, 11) is 0. The third-order valence-electron chi connectivity index (χ3n) is 1.41. The molecular weight excluding hydrogens is 185 g/mol. The van der Waals surface area contributed by atoms with Gasteiger partial charge in [0.15, 0.2) is 5.56 Å². The Morgan fingerprint density at radius 2 is 2.15 bits per heavy atom. The lowest BCUT2D eigenvalue weighted by Crippen LogP contribution is -2.15. The highest BCUT2D eigenvalue weighted by atomic mass is 19.3. The number of rotatable bonds is 1. The van der Waals surface area contributed by atoms with Gasteiger partial charge in [-0.25, -0.2) is 8.78 Å². The van der Waals surface area contributed by atoms with Crippen LogP contribution in [0.25, 0.3) is 0 Å². The van der Waals surface area contributed by atoms with Crippen molar-refractivity contribution in [3.05, 3.63) is 33.5 Å². The first-order valence-electron chi connectivity index (χ1n) is 3.17. The van der Waals surface area contributed by atoms with E-state index in [1.165, 1.54) is 6.07 Å². The number of nitrogens with one attached hydrogen (secondary N) is 1. The van der Waals surface area contributed by atoms with Gasteiger partial charge in [0.25, 0.3) is 6.43 Å². The van der Waals surface area contributed by atoms with Crippen LogP contribution in [-0.2, 0) is 0 Å². The van der Waals surface area contributed by atoms with Crippen LogP contribution in [0, 0.1) is 17.3 Å². The molecule has 0 radical (unpaired) electrons. The molecule has 0 bridgehead atoms. The second kappa shape index (κ2) is 3.31. The number of nitriles is 1. The summed E-state index contributed by atoms with van der Waals surface area (Å²) in [5.74, 6) is -1.20. The lowest BCUT2D eigenvalue weighted by atomic mass is 10.2. The smallest absolute Gasteiger partial charge is 0.269 e. The van der Waals surface area contributed by atoms with Crippen LogP contribution < -0.4 is 5.43 Å². The largest absolute Gasteiger partial charge is 0.337 e. The van der Waals surface area contributed by atoms with Crippen molar-refractivity contribution in [3.63, 3.8) is 0 Å². The van der Waals surface area contributed by atoms with Crippen molar-refractivity contribution in [1.82, 2.24) is 4.98 Å². The third-order valence-corrected chi connectivity index (χ3v) is 1.41. The Morgan fingerprint density at radius 3 is 2.62 bits per heavy atom. The fourth-order valence-corrected chi connectivity index (χ4v) is 0.785. The second-order valence-electron chi connectivity index (χ2n) is 2.17. The average Bonchev–Trinajstić information content (AvgIpc) is 2.04. The Hall–Kier alpha value is -1.77. The molecule has 3 nitrogen and oxygen atoms in total. The molecule has 0 aliphatic heterocycles. The lowest BCUT2D eigenvalue weighted by Gasteiger charge is -1.98. The Labute approximate surface area is 70.4 Å². The van der Waals surface area contributed by atoms with Gasteiger partial charge in [0.05, 0.1) is 5.56 Å². The van der Waals surface area contributed by atoms with E-state index >= 15 is 0 Å². The third kappa shape index (κ3) is 1.54. The highest BCUT2D eigenvalue weighted by Crippen LogP contribution is 2.14. The van der Waals surface area contributed by atoms with Gasteiger partial charge >= 0.3 is 0 Å². The van der Waals surface area contributed by atoms with Crippen molar-refractivity contribution in [2.45, 2.75) is 6.43 Å². The summed E-state index contributed by atoms with van der Waals surface area (Å²) in [6.07, 6.45) is -2.46. The van der Waals surface area contributed by atoms with Gasteiger partial charge in [-0.05, 0) is 0 Å². The van der Waals surface area contributed by atoms with E-state index in [0.29, 0.717) is 6.20 Å². The minimum absolute atomic E-state index is 0.559. The van der Waals surface area contributed by atoms with Crippen LogP contribution in [-0.4, -0.2) is 4.98 Å². The maximum absolute atomic E-state index is 12.6. The van der Waals surface area contributed by atoms with Crippen molar-refractivity contribution < 1.29 is 13.2 Å². The number of hydrogen-bond donors (Lipinski definition) is 1. The zero-order valence-corrected chi connectivity index (χ0v) is 6.14. The molecule has 0 saturated heterocycles. The SMILES string of the molecule is N#Cc1c(F)[nH]cc(C(F)F)c1=O. The minimum Gasteiger partial charge on any atom is -0.337 e. The quantitative estimate of drug-likeness (QED) is 0.675. The van der Waals surface area contributed by atoms with Crippen LogP contribution in [0.2, 0.25) is 0 Å². The Morgan fingerprint density at radius 1 is 1.54 bits per heavy atom. The molecule has 0 aliphatic carbocycles. The van der Waals surface area contributed by atoms with Gasteiger partial charge in [-0.2, -0.15) is 9.65 Å². The first kappa shape index (κ1) is 9.32. The first-order valence-corrected chi connectivity index (χ1v) is 3.17. The van der Waals surface area contributed by atoms with E-state index in [0.717, 1.165) is 0 Å². The number of nitrogens with zero attached hydrogens (tertiary/aromatic N) is 1. The molecule has 1 heterocycles. The van der Waals surface area contributed by atoms with Gasteiger partial charge in [-0.3, -0.25) is 4.79 Å². The first-order chi connectivity index (χ1) is 6.07. The fraction of sp³-hybridized carbons (Fsp3) is 0.143. The average molecular weight is 188 g/mol. The summed E-state index contributed by atoms with van der Waals surface area (Å²) in [6.45, 7) is 0. The molecule has 0 saturated carbocycles. The molecule has 1 aromatic rings. The van der Waals surface area contributed by atoms with Gasteiger partial charge in [0.1, 0.15) is 6.07 Å². The number of aromatic amines is 1. The van der Waals surface area contributed by atoms with E-state index < -0.39 is 28.9 Å². The van der Waals surface area contributed by atoms with Gasteiger partial charge in [-0.15, -0.1) is 0 Å². The molecule has 0 aliphatic rings. The van der Waals surface area contributed by atoms with Crippen LogP contribution in [0.4, 0.5) is 13.2 Å². The molecule has 0 unspecified atom stereocenters. The number of pyridine rings is 1. The highest BCUT2D eigenvalue weighted by Gasteiger charge is 2.17. The van der Waals surface area contributed by atoms with Crippen molar-refractivity contribution in [1.29, 1.82) is 5.26 Å². The molecule has 0 atom stereocenters. The predicted octanol–water partition coefficient (Wildman–Crippen LogP) is 1.32. The summed E-state index contributed by atoms with van der Waals surface area (Å²) >= 11 is 0. The van der Waals surface area contributed by atoms with Crippen LogP contribution in [0.5, 0.6) is 0 Å². The van der Waals surface area contributed by atoms with Crippen LogP contribution in [0.3, 0.4) is 0 Å². The normalized spacial score (nSPS) is 10.1. The topological polar surface area (TPSA) is 56.6 Å². The number of H-pyrrole nitrogens is 1. The van der Waals surface area contributed by atoms with E-state index in [1.807, 2.05) is 0 Å². The summed E-state index contributed by atoms with van der Waals surface area (Å²) in [6, 6.07) is 1.21. The summed E-state index contributed by atoms with van der Waals surface area (Å²) < 4.78 is 36.6. The molecule has 13 heavy (non-hydrogen) atoms. The van der Waals surface area contributed by atoms with Gasteiger partial charge in [0.2, 0.25) is 11.4 Å². The van der Waals surface area contributed by atoms with Crippen LogP contribution >= 0.6 is 0 Å². The molecule has 0 fully saturated rings. The molecule has 0 spiro atoms. The Kier molecular flexibility index (Phi) is 2.37. The lowest BCUT2D eigenvalue weighted by molar-refractivity contribution is 0.149. The molecular formula is C7H3F3N2O. The number of alkyl halides is 2. The summed E-state index contributed by atoms with van der Waals surface area (Å²) in [5.41, 5.74) is -3.09. The standard InChI is InChI=1S/C7H3F3N2O/c8-6(9)4-2-12-7(10)3(1-11)5(4)13/h2,6H,(H,12,13). The van der Waals surface area contributed by atoms with Gasteiger partial charge in [0, 0.05) is 6.20 Å². The molecule has 0 aromatic carbocycles. The minimum atomic E-state index is -3.02. The summed E-state index contributed by atoms with van der Waals surface area (Å²) in [5, 5.41) is 8.25. The number of halogens is 3. The Bertz CT molecular complexity index is 419. The molecule has 1 aromatic heterocycles. The van der Waals surface area contributed by atoms with E-state index in [4.69, 9.17) is 5.26 Å². The highest BCUT2D eigenvalue weighted by molar-refractivity contribution is 5.30. The Balaban J connectivity index is 3.48. The molecule has 1 N–H and O–H groups in total. The maximum atomic E-state index is 12.6. The number of hydrogen-bond acceptors (Lipinski definition) is 2. The maximum Gasteiger partial charge on any atom is 0.269 e. The molecule has 0 amide bonds. The van der Waals surface area contributed by atoms with Crippen molar-refractivity contribution in [2.75, 3.05) is 0 Å².